The fourth-order valence-electron chi connectivity index (χ4n) is 2.30. The predicted molar refractivity (Wildman–Crippen MR) is 67.0 cm³/mol. The zero-order chi connectivity index (χ0) is 12.0. The van der Waals surface area contributed by atoms with E-state index in [1.807, 2.05) is 13.8 Å². The van der Waals surface area contributed by atoms with E-state index >= 15 is 0 Å². The molecule has 3 heteroatoms. The molecule has 0 aliphatic heterocycles. The monoisotopic (exact) mass is 226 g/mol. The number of nitrogens with two attached hydrogens (primary N) is 1. The average molecular weight is 226 g/mol. The summed E-state index contributed by atoms with van der Waals surface area (Å²) in [5.74, 6) is 0.940. The molecule has 1 fully saturated rings. The molecule has 0 aromatic heterocycles. The van der Waals surface area contributed by atoms with Crippen LogP contribution in [0.25, 0.3) is 0 Å². The number of nitrogens with one attached hydrogen (secondary N) is 1. The second-order valence-corrected chi connectivity index (χ2v) is 5.23. The van der Waals surface area contributed by atoms with Gasteiger partial charge in [0.05, 0.1) is 0 Å². The van der Waals surface area contributed by atoms with Crippen LogP contribution in [0.15, 0.2) is 0 Å². The van der Waals surface area contributed by atoms with Crippen molar-refractivity contribution in [3.63, 3.8) is 0 Å². The molecule has 94 valence electrons. The van der Waals surface area contributed by atoms with Gasteiger partial charge in [-0.3, -0.25) is 4.79 Å². The fourth-order valence-corrected chi connectivity index (χ4v) is 2.30. The quantitative estimate of drug-likeness (QED) is 0.681. The summed E-state index contributed by atoms with van der Waals surface area (Å²) in [6.45, 7) is 4.58. The van der Waals surface area contributed by atoms with Crippen LogP contribution in [-0.4, -0.2) is 18.5 Å². The Morgan fingerprint density at radius 3 is 2.56 bits per heavy atom. The first kappa shape index (κ1) is 13.5. The van der Waals surface area contributed by atoms with Gasteiger partial charge in [0.2, 0.25) is 5.91 Å². The van der Waals surface area contributed by atoms with Crippen molar-refractivity contribution in [1.82, 2.24) is 5.32 Å². The molecular formula is C13H26N2O. The van der Waals surface area contributed by atoms with Gasteiger partial charge in [0.25, 0.3) is 0 Å². The van der Waals surface area contributed by atoms with Gasteiger partial charge in [-0.15, -0.1) is 0 Å². The van der Waals surface area contributed by atoms with Crippen LogP contribution < -0.4 is 11.1 Å². The molecule has 0 saturated heterocycles. The normalized spacial score (nSPS) is 20.7. The van der Waals surface area contributed by atoms with Gasteiger partial charge in [0, 0.05) is 18.5 Å². The van der Waals surface area contributed by atoms with Gasteiger partial charge in [-0.05, 0) is 25.7 Å². The van der Waals surface area contributed by atoms with E-state index < -0.39 is 0 Å². The Balaban J connectivity index is 2.03. The topological polar surface area (TPSA) is 55.1 Å². The van der Waals surface area contributed by atoms with Crippen molar-refractivity contribution in [3.05, 3.63) is 0 Å². The molecule has 0 aromatic carbocycles. The number of amides is 1. The Labute approximate surface area is 99.2 Å². The lowest BCUT2D eigenvalue weighted by atomic mass is 10.0. The second kappa shape index (κ2) is 6.89. The van der Waals surface area contributed by atoms with Crippen LogP contribution in [0.5, 0.6) is 0 Å². The minimum atomic E-state index is -0.0773. The highest BCUT2D eigenvalue weighted by molar-refractivity contribution is 5.78. The molecular weight excluding hydrogens is 200 g/mol. The van der Waals surface area contributed by atoms with Gasteiger partial charge in [0.15, 0.2) is 0 Å². The zero-order valence-electron chi connectivity index (χ0n) is 10.7. The summed E-state index contributed by atoms with van der Waals surface area (Å²) in [6.07, 6.45) is 7.97. The Bertz CT molecular complexity index is 210. The van der Waals surface area contributed by atoms with E-state index in [-0.39, 0.29) is 17.9 Å². The van der Waals surface area contributed by atoms with Crippen LogP contribution >= 0.6 is 0 Å². The number of carbonyl (C=O) groups is 1. The van der Waals surface area contributed by atoms with Crippen molar-refractivity contribution in [3.8, 4) is 0 Å². The molecule has 0 aromatic rings. The first-order valence-electron chi connectivity index (χ1n) is 6.64. The number of hydrogen-bond acceptors (Lipinski definition) is 2. The van der Waals surface area contributed by atoms with E-state index in [4.69, 9.17) is 5.73 Å². The molecule has 2 atom stereocenters. The maximum Gasteiger partial charge on any atom is 0.224 e. The van der Waals surface area contributed by atoms with Crippen LogP contribution in [0.4, 0.5) is 0 Å². The molecule has 1 aliphatic carbocycles. The fraction of sp³-hybridized carbons (Fsp3) is 0.923. The summed E-state index contributed by atoms with van der Waals surface area (Å²) in [6, 6.07) is -0.0603. The Hall–Kier alpha value is -0.570. The number of rotatable bonds is 6. The van der Waals surface area contributed by atoms with Crippen molar-refractivity contribution < 1.29 is 4.79 Å². The first-order chi connectivity index (χ1) is 7.61. The van der Waals surface area contributed by atoms with Gasteiger partial charge < -0.3 is 11.1 Å². The van der Waals surface area contributed by atoms with E-state index in [2.05, 4.69) is 5.32 Å². The minimum absolute atomic E-state index is 0.0603. The molecule has 3 N–H and O–H groups in total. The van der Waals surface area contributed by atoms with Gasteiger partial charge >= 0.3 is 0 Å². The van der Waals surface area contributed by atoms with Gasteiger partial charge in [-0.25, -0.2) is 0 Å². The van der Waals surface area contributed by atoms with Crippen molar-refractivity contribution >= 4 is 5.91 Å². The smallest absolute Gasteiger partial charge is 0.224 e. The summed E-state index contributed by atoms with van der Waals surface area (Å²) < 4.78 is 0. The predicted octanol–water partition coefficient (Wildman–Crippen LogP) is 2.06. The molecule has 16 heavy (non-hydrogen) atoms. The third-order valence-corrected chi connectivity index (χ3v) is 3.77. The first-order valence-corrected chi connectivity index (χ1v) is 6.64. The molecule has 0 radical (unpaired) electrons. The summed E-state index contributed by atoms with van der Waals surface area (Å²) in [7, 11) is 0. The van der Waals surface area contributed by atoms with Crippen LogP contribution in [0.3, 0.4) is 0 Å². The van der Waals surface area contributed by atoms with Gasteiger partial charge in [-0.2, -0.15) is 0 Å². The molecule has 1 aliphatic rings. The van der Waals surface area contributed by atoms with Crippen LogP contribution in [-0.2, 0) is 4.79 Å². The molecule has 3 nitrogen and oxygen atoms in total. The van der Waals surface area contributed by atoms with Crippen molar-refractivity contribution in [2.45, 2.75) is 58.4 Å². The Morgan fingerprint density at radius 2 is 2.00 bits per heavy atom. The van der Waals surface area contributed by atoms with Crippen LogP contribution in [0.2, 0.25) is 0 Å². The van der Waals surface area contributed by atoms with E-state index in [0.29, 0.717) is 0 Å². The number of carbonyl (C=O) groups excluding carboxylic acids is 1. The third kappa shape index (κ3) is 4.52. The summed E-state index contributed by atoms with van der Waals surface area (Å²) in [5, 5.41) is 2.97. The maximum absolute atomic E-state index is 11.6. The van der Waals surface area contributed by atoms with E-state index in [1.54, 1.807) is 0 Å². The molecule has 1 rings (SSSR count). The minimum Gasteiger partial charge on any atom is -0.356 e. The SMILES string of the molecule is CC(N)C(C)C(=O)NCCCC1CCCC1. The van der Waals surface area contributed by atoms with E-state index in [9.17, 15) is 4.79 Å². The highest BCUT2D eigenvalue weighted by Gasteiger charge is 2.17. The van der Waals surface area contributed by atoms with Gasteiger partial charge in [0.1, 0.15) is 0 Å². The molecule has 0 bridgehead atoms. The number of hydrogen-bond donors (Lipinski definition) is 2. The summed E-state index contributed by atoms with van der Waals surface area (Å²) >= 11 is 0. The molecule has 0 heterocycles. The molecule has 0 spiro atoms. The largest absolute Gasteiger partial charge is 0.356 e. The highest BCUT2D eigenvalue weighted by atomic mass is 16.1. The third-order valence-electron chi connectivity index (χ3n) is 3.77. The second-order valence-electron chi connectivity index (χ2n) is 5.23. The van der Waals surface area contributed by atoms with Crippen molar-refractivity contribution in [2.24, 2.45) is 17.6 Å². The summed E-state index contributed by atoms with van der Waals surface area (Å²) in [5.41, 5.74) is 5.68. The lowest BCUT2D eigenvalue weighted by Gasteiger charge is -2.15. The standard InChI is InChI=1S/C13H26N2O/c1-10(11(2)14)13(16)15-9-5-8-12-6-3-4-7-12/h10-12H,3-9,14H2,1-2H3,(H,15,16). The summed E-state index contributed by atoms with van der Waals surface area (Å²) in [4.78, 5) is 11.6. The van der Waals surface area contributed by atoms with Crippen molar-refractivity contribution in [1.29, 1.82) is 0 Å². The molecule has 1 saturated carbocycles. The molecule has 1 amide bonds. The van der Waals surface area contributed by atoms with Gasteiger partial charge in [-0.1, -0.05) is 32.6 Å². The van der Waals surface area contributed by atoms with E-state index in [0.717, 1.165) is 18.9 Å². The average Bonchev–Trinajstić information content (AvgIpc) is 2.75. The lowest BCUT2D eigenvalue weighted by Crippen LogP contribution is -2.38. The lowest BCUT2D eigenvalue weighted by molar-refractivity contribution is -0.124. The van der Waals surface area contributed by atoms with Crippen molar-refractivity contribution in [2.75, 3.05) is 6.54 Å². The molecule has 2 unspecified atom stereocenters. The van der Waals surface area contributed by atoms with Crippen LogP contribution in [0, 0.1) is 11.8 Å². The Morgan fingerprint density at radius 1 is 1.38 bits per heavy atom. The highest BCUT2D eigenvalue weighted by Crippen LogP contribution is 2.28. The zero-order valence-corrected chi connectivity index (χ0v) is 10.7. The Kier molecular flexibility index (Phi) is 5.81. The van der Waals surface area contributed by atoms with Crippen LogP contribution in [0.1, 0.15) is 52.4 Å². The van der Waals surface area contributed by atoms with E-state index in [1.165, 1.54) is 32.1 Å². The maximum atomic E-state index is 11.6.